The number of hydrogen-bond donors (Lipinski definition) is 0. The van der Waals surface area contributed by atoms with Gasteiger partial charge < -0.3 is 9.80 Å². The molecule has 0 saturated heterocycles. The Balaban J connectivity index is 2.96. The Kier molecular flexibility index (Phi) is 8.59. The van der Waals surface area contributed by atoms with Crippen LogP contribution in [0.15, 0.2) is 23.1 Å². The van der Waals surface area contributed by atoms with Gasteiger partial charge in [-0.3, -0.25) is 0 Å². The number of benzene rings is 1. The SMILES string of the molecule is CN(C)CCCN(CCCN(C)C)S(=O)(=O)c1ccc(Cl)cc1F. The van der Waals surface area contributed by atoms with Crippen molar-refractivity contribution in [3.8, 4) is 0 Å². The lowest BCUT2D eigenvalue weighted by atomic mass is 10.3. The van der Waals surface area contributed by atoms with Crippen molar-refractivity contribution in [2.75, 3.05) is 54.4 Å². The van der Waals surface area contributed by atoms with Crippen molar-refractivity contribution in [3.63, 3.8) is 0 Å². The van der Waals surface area contributed by atoms with Crippen LogP contribution in [0.4, 0.5) is 4.39 Å². The first-order chi connectivity index (χ1) is 11.1. The van der Waals surface area contributed by atoms with Crippen LogP contribution in [0.2, 0.25) is 5.02 Å². The summed E-state index contributed by atoms with van der Waals surface area (Å²) < 4.78 is 41.1. The predicted octanol–water partition coefficient (Wildman–Crippen LogP) is 2.37. The van der Waals surface area contributed by atoms with Crippen LogP contribution in [-0.2, 0) is 10.0 Å². The lowest BCUT2D eigenvalue weighted by Gasteiger charge is -2.24. The topological polar surface area (TPSA) is 43.9 Å². The molecule has 0 amide bonds. The van der Waals surface area contributed by atoms with Crippen LogP contribution in [0.5, 0.6) is 0 Å². The maximum atomic E-state index is 14.1. The first-order valence-electron chi connectivity index (χ1n) is 7.89. The van der Waals surface area contributed by atoms with Crippen LogP contribution in [0.3, 0.4) is 0 Å². The van der Waals surface area contributed by atoms with E-state index >= 15 is 0 Å². The quantitative estimate of drug-likeness (QED) is 0.626. The smallest absolute Gasteiger partial charge is 0.245 e. The zero-order valence-electron chi connectivity index (χ0n) is 14.8. The summed E-state index contributed by atoms with van der Waals surface area (Å²) in [5, 5.41) is 0.179. The molecule has 0 aliphatic rings. The van der Waals surface area contributed by atoms with E-state index in [1.165, 1.54) is 16.4 Å². The van der Waals surface area contributed by atoms with Gasteiger partial charge in [0.2, 0.25) is 10.0 Å². The molecule has 8 heteroatoms. The van der Waals surface area contributed by atoms with E-state index in [1.54, 1.807) is 0 Å². The Morgan fingerprint density at radius 2 is 1.46 bits per heavy atom. The van der Waals surface area contributed by atoms with Crippen LogP contribution in [0.1, 0.15) is 12.8 Å². The molecular formula is C16H27ClFN3O2S. The average Bonchev–Trinajstić information content (AvgIpc) is 2.44. The van der Waals surface area contributed by atoms with Crippen LogP contribution in [0, 0.1) is 5.82 Å². The van der Waals surface area contributed by atoms with Gasteiger partial charge in [0.1, 0.15) is 10.7 Å². The second-order valence-electron chi connectivity index (χ2n) is 6.29. The van der Waals surface area contributed by atoms with Gasteiger partial charge in [0.05, 0.1) is 0 Å². The van der Waals surface area contributed by atoms with Crippen LogP contribution in [-0.4, -0.2) is 76.9 Å². The first kappa shape index (κ1) is 21.3. The van der Waals surface area contributed by atoms with E-state index < -0.39 is 15.8 Å². The summed E-state index contributed by atoms with van der Waals surface area (Å²) >= 11 is 5.72. The Hall–Kier alpha value is -0.730. The molecule has 0 aliphatic carbocycles. The van der Waals surface area contributed by atoms with Gasteiger partial charge in [-0.1, -0.05) is 11.6 Å². The zero-order valence-corrected chi connectivity index (χ0v) is 16.4. The number of hydrogen-bond acceptors (Lipinski definition) is 4. The highest BCUT2D eigenvalue weighted by atomic mass is 35.5. The van der Waals surface area contributed by atoms with E-state index in [-0.39, 0.29) is 9.92 Å². The highest BCUT2D eigenvalue weighted by molar-refractivity contribution is 7.89. The van der Waals surface area contributed by atoms with Crippen molar-refractivity contribution in [1.82, 2.24) is 14.1 Å². The van der Waals surface area contributed by atoms with Crippen molar-refractivity contribution >= 4 is 21.6 Å². The summed E-state index contributed by atoms with van der Waals surface area (Å²) in [5.41, 5.74) is 0. The summed E-state index contributed by atoms with van der Waals surface area (Å²) in [6, 6.07) is 3.67. The molecule has 24 heavy (non-hydrogen) atoms. The zero-order chi connectivity index (χ0) is 18.3. The molecule has 0 aliphatic heterocycles. The maximum absolute atomic E-state index is 14.1. The summed E-state index contributed by atoms with van der Waals surface area (Å²) in [4.78, 5) is 3.67. The Morgan fingerprint density at radius 1 is 0.958 bits per heavy atom. The van der Waals surface area contributed by atoms with Gasteiger partial charge in [0.25, 0.3) is 0 Å². The molecule has 0 unspecified atom stereocenters. The normalized spacial score (nSPS) is 12.5. The second-order valence-corrected chi connectivity index (χ2v) is 8.64. The molecular weight excluding hydrogens is 353 g/mol. The Labute approximate surface area is 150 Å². The van der Waals surface area contributed by atoms with Crippen LogP contribution < -0.4 is 0 Å². The fourth-order valence-electron chi connectivity index (χ4n) is 2.30. The van der Waals surface area contributed by atoms with Gasteiger partial charge in [-0.05, 0) is 72.3 Å². The van der Waals surface area contributed by atoms with Crippen molar-refractivity contribution in [2.24, 2.45) is 0 Å². The molecule has 0 fully saturated rings. The van der Waals surface area contributed by atoms with Gasteiger partial charge in [-0.15, -0.1) is 0 Å². The van der Waals surface area contributed by atoms with Crippen molar-refractivity contribution in [1.29, 1.82) is 0 Å². The predicted molar refractivity (Wildman–Crippen MR) is 96.5 cm³/mol. The number of halogens is 2. The lowest BCUT2D eigenvalue weighted by molar-refractivity contribution is 0.326. The lowest BCUT2D eigenvalue weighted by Crippen LogP contribution is -2.36. The van der Waals surface area contributed by atoms with Gasteiger partial charge in [-0.25, -0.2) is 12.8 Å². The minimum Gasteiger partial charge on any atom is -0.309 e. The fourth-order valence-corrected chi connectivity index (χ4v) is 4.02. The van der Waals surface area contributed by atoms with Crippen molar-refractivity contribution < 1.29 is 12.8 Å². The Bertz CT molecular complexity index is 610. The van der Waals surface area contributed by atoms with Gasteiger partial charge in [0, 0.05) is 18.1 Å². The Morgan fingerprint density at radius 3 is 1.88 bits per heavy atom. The van der Waals surface area contributed by atoms with Crippen LogP contribution >= 0.6 is 11.6 Å². The molecule has 0 saturated carbocycles. The summed E-state index contributed by atoms with van der Waals surface area (Å²) in [6.07, 6.45) is 1.37. The maximum Gasteiger partial charge on any atom is 0.245 e. The third-order valence-corrected chi connectivity index (χ3v) is 5.70. The second kappa shape index (κ2) is 9.68. The first-order valence-corrected chi connectivity index (χ1v) is 9.71. The monoisotopic (exact) mass is 379 g/mol. The summed E-state index contributed by atoms with van der Waals surface area (Å²) in [5.74, 6) is -0.812. The standard InChI is InChI=1S/C16H27ClFN3O2S/c1-19(2)9-5-11-21(12-6-10-20(3)4)24(22,23)16-8-7-14(17)13-15(16)18/h7-8,13H,5-6,9-12H2,1-4H3. The molecule has 1 aromatic rings. The summed E-state index contributed by atoms with van der Waals surface area (Å²) in [6.45, 7) is 2.25. The number of rotatable bonds is 10. The summed E-state index contributed by atoms with van der Waals surface area (Å²) in [7, 11) is 3.86. The third kappa shape index (κ3) is 6.64. The molecule has 0 atom stereocenters. The fraction of sp³-hybridized carbons (Fsp3) is 0.625. The molecule has 1 aromatic carbocycles. The van der Waals surface area contributed by atoms with E-state index in [9.17, 15) is 12.8 Å². The van der Waals surface area contributed by atoms with E-state index in [2.05, 4.69) is 0 Å². The van der Waals surface area contributed by atoms with Gasteiger partial charge >= 0.3 is 0 Å². The minimum atomic E-state index is -3.88. The van der Waals surface area contributed by atoms with Crippen molar-refractivity contribution in [3.05, 3.63) is 29.0 Å². The van der Waals surface area contributed by atoms with Gasteiger partial charge in [-0.2, -0.15) is 4.31 Å². The van der Waals surface area contributed by atoms with E-state index in [4.69, 9.17) is 11.6 Å². The molecule has 0 bridgehead atoms. The van der Waals surface area contributed by atoms with Crippen LogP contribution in [0.25, 0.3) is 0 Å². The molecule has 0 heterocycles. The number of nitrogens with zero attached hydrogens (tertiary/aromatic N) is 3. The molecule has 0 radical (unpaired) electrons. The molecule has 1 rings (SSSR count). The molecule has 0 aromatic heterocycles. The highest BCUT2D eigenvalue weighted by Crippen LogP contribution is 2.23. The highest BCUT2D eigenvalue weighted by Gasteiger charge is 2.27. The molecule has 5 nitrogen and oxygen atoms in total. The van der Waals surface area contributed by atoms with E-state index in [0.717, 1.165) is 19.2 Å². The molecule has 0 spiro atoms. The molecule has 0 N–H and O–H groups in total. The van der Waals surface area contributed by atoms with Crippen molar-refractivity contribution in [2.45, 2.75) is 17.7 Å². The largest absolute Gasteiger partial charge is 0.309 e. The molecule has 138 valence electrons. The number of sulfonamides is 1. The van der Waals surface area contributed by atoms with E-state index in [1.807, 2.05) is 38.0 Å². The minimum absolute atomic E-state index is 0.179. The van der Waals surface area contributed by atoms with Gasteiger partial charge in [0.15, 0.2) is 0 Å². The third-order valence-electron chi connectivity index (χ3n) is 3.54. The van der Waals surface area contributed by atoms with E-state index in [0.29, 0.717) is 25.9 Å². The average molecular weight is 380 g/mol.